The van der Waals surface area contributed by atoms with Crippen molar-refractivity contribution in [2.75, 3.05) is 18.1 Å². The highest BCUT2D eigenvalue weighted by Crippen LogP contribution is 2.31. The number of halogens is 1. The van der Waals surface area contributed by atoms with Gasteiger partial charge in [-0.1, -0.05) is 0 Å². The molecular formula is C11H12ClN3O2. The van der Waals surface area contributed by atoms with E-state index in [0.717, 1.165) is 12.8 Å². The molecule has 6 heteroatoms. The number of amides is 1. The van der Waals surface area contributed by atoms with E-state index < -0.39 is 0 Å². The van der Waals surface area contributed by atoms with Crippen molar-refractivity contribution in [3.05, 3.63) is 17.0 Å². The van der Waals surface area contributed by atoms with Gasteiger partial charge in [0.1, 0.15) is 5.82 Å². The van der Waals surface area contributed by atoms with Crippen LogP contribution in [0.15, 0.2) is 6.17 Å². The molecule has 3 heterocycles. The summed E-state index contributed by atoms with van der Waals surface area (Å²) in [6.45, 7) is 1.30. The maximum atomic E-state index is 12.1. The number of fused-ring (bicyclic) bond motifs is 1. The number of hydrogen-bond donors (Lipinski definition) is 0. The number of rotatable bonds is 1. The van der Waals surface area contributed by atoms with Gasteiger partial charge in [-0.2, -0.15) is 4.98 Å². The minimum Gasteiger partial charge on any atom is -0.381 e. The topological polar surface area (TPSA) is 55.3 Å². The average molecular weight is 255 g/mol. The average Bonchev–Trinajstić information content (AvgIpc) is 2.67. The fourth-order valence-electron chi connectivity index (χ4n) is 2.34. The van der Waals surface area contributed by atoms with E-state index in [2.05, 4.69) is 9.97 Å². The van der Waals surface area contributed by atoms with Gasteiger partial charge in [-0.15, -0.1) is 0 Å². The third-order valence-corrected chi connectivity index (χ3v) is 3.30. The number of carbonyl (C=O) groups excluding carboxylic acids is 1. The molecule has 1 aromatic rings. The van der Waals surface area contributed by atoms with Crippen LogP contribution in [0.2, 0.25) is 5.28 Å². The molecule has 0 atom stereocenters. The number of hydrogen-bond acceptors (Lipinski definition) is 4. The lowest BCUT2D eigenvalue weighted by Gasteiger charge is -2.30. The van der Waals surface area contributed by atoms with Gasteiger partial charge in [-0.3, -0.25) is 9.69 Å². The van der Waals surface area contributed by atoms with Gasteiger partial charge in [-0.25, -0.2) is 4.98 Å². The van der Waals surface area contributed by atoms with E-state index in [1.165, 1.54) is 0 Å². The fraction of sp³-hybridized carbons (Fsp3) is 0.545. The van der Waals surface area contributed by atoms with E-state index in [1.54, 1.807) is 4.90 Å². The van der Waals surface area contributed by atoms with Crippen molar-refractivity contribution in [3.8, 4) is 0 Å². The Labute approximate surface area is 105 Å². The second-order valence-corrected chi connectivity index (χ2v) is 4.53. The van der Waals surface area contributed by atoms with Gasteiger partial charge in [0.2, 0.25) is 11.2 Å². The lowest BCUT2D eigenvalue weighted by Crippen LogP contribution is -2.41. The molecule has 0 aliphatic carbocycles. The molecule has 1 aromatic heterocycles. The lowest BCUT2D eigenvalue weighted by molar-refractivity contribution is -0.118. The Hall–Kier alpha value is -1.20. The van der Waals surface area contributed by atoms with E-state index in [0.29, 0.717) is 24.6 Å². The summed E-state index contributed by atoms with van der Waals surface area (Å²) in [5.41, 5.74) is 0.580. The highest BCUT2D eigenvalue weighted by Gasteiger charge is 2.35. The zero-order chi connectivity index (χ0) is 12.7. The summed E-state index contributed by atoms with van der Waals surface area (Å²) in [6, 6.07) is 0.0952. The number of aromatic nitrogens is 2. The molecular weight excluding hydrogens is 242 g/mol. The first-order valence-corrected chi connectivity index (χ1v) is 5.97. The summed E-state index contributed by atoms with van der Waals surface area (Å²) < 4.78 is 13.0. The largest absolute Gasteiger partial charge is 0.381 e. The van der Waals surface area contributed by atoms with Crippen LogP contribution in [0.1, 0.15) is 19.8 Å². The van der Waals surface area contributed by atoms with E-state index in [4.69, 9.17) is 17.7 Å². The molecule has 0 bridgehead atoms. The predicted molar refractivity (Wildman–Crippen MR) is 62.1 cm³/mol. The van der Waals surface area contributed by atoms with Crippen LogP contribution < -0.4 is 4.90 Å². The number of ether oxygens (including phenoxy) is 1. The van der Waals surface area contributed by atoms with Crippen LogP contribution in [0.25, 0.3) is 0 Å². The minimum absolute atomic E-state index is 0.0190. The van der Waals surface area contributed by atoms with E-state index in [1.807, 2.05) is 0 Å². The molecule has 0 radical (unpaired) electrons. The zero-order valence-electron chi connectivity index (χ0n) is 10.1. The van der Waals surface area contributed by atoms with Crippen LogP contribution in [0.3, 0.4) is 0 Å². The molecule has 1 saturated heterocycles. The molecule has 5 nitrogen and oxygen atoms in total. The van der Waals surface area contributed by atoms with Crippen LogP contribution in [0.4, 0.5) is 5.82 Å². The van der Waals surface area contributed by atoms with Crippen molar-refractivity contribution in [1.82, 2.24) is 9.97 Å². The molecule has 2 aliphatic rings. The van der Waals surface area contributed by atoms with Crippen molar-refractivity contribution >= 4 is 23.3 Å². The van der Waals surface area contributed by atoms with Gasteiger partial charge in [0.15, 0.2) is 0 Å². The van der Waals surface area contributed by atoms with Crippen molar-refractivity contribution in [2.45, 2.75) is 25.3 Å². The monoisotopic (exact) mass is 254 g/mol. The van der Waals surface area contributed by atoms with Gasteiger partial charge in [0.05, 0.1) is 7.79 Å². The van der Waals surface area contributed by atoms with Crippen molar-refractivity contribution in [2.24, 2.45) is 0 Å². The smallest absolute Gasteiger partial charge is 0.233 e. The van der Waals surface area contributed by atoms with Crippen molar-refractivity contribution < 1.29 is 10.9 Å². The minimum atomic E-state index is -0.0260. The van der Waals surface area contributed by atoms with Gasteiger partial charge < -0.3 is 4.74 Å². The Morgan fingerprint density at radius 2 is 2.29 bits per heavy atom. The fourth-order valence-corrected chi connectivity index (χ4v) is 2.46. The number of carbonyl (C=O) groups is 1. The van der Waals surface area contributed by atoms with E-state index in [-0.39, 0.29) is 29.8 Å². The molecule has 1 amide bonds. The molecule has 2 aliphatic heterocycles. The highest BCUT2D eigenvalue weighted by molar-refractivity contribution is 6.28. The molecule has 0 aromatic carbocycles. The van der Waals surface area contributed by atoms with Gasteiger partial charge >= 0.3 is 0 Å². The normalized spacial score (nSPS) is 21.6. The molecule has 0 unspecified atom stereocenters. The van der Waals surface area contributed by atoms with Crippen molar-refractivity contribution in [1.29, 1.82) is 0 Å². The van der Waals surface area contributed by atoms with E-state index >= 15 is 0 Å². The predicted octanol–water partition coefficient (Wildman–Crippen LogP) is 1.20. The summed E-state index contributed by atoms with van der Waals surface area (Å²) in [5.74, 6) is 0.485. The molecule has 0 spiro atoms. The first kappa shape index (κ1) is 9.79. The Kier molecular flexibility index (Phi) is 2.44. The third-order valence-electron chi connectivity index (χ3n) is 3.13. The quantitative estimate of drug-likeness (QED) is 0.707. The summed E-state index contributed by atoms with van der Waals surface area (Å²) in [6.07, 6.45) is 1.83. The number of nitrogens with zero attached hydrogens (tertiary/aromatic N) is 3. The molecule has 90 valence electrons. The molecule has 0 saturated carbocycles. The van der Waals surface area contributed by atoms with Crippen molar-refractivity contribution in [3.63, 3.8) is 0 Å². The Balaban J connectivity index is 2.00. The zero-order valence-corrected chi connectivity index (χ0v) is 9.90. The molecule has 1 fully saturated rings. The Morgan fingerprint density at radius 3 is 3.06 bits per heavy atom. The second-order valence-electron chi connectivity index (χ2n) is 4.19. The van der Waals surface area contributed by atoms with Crippen LogP contribution in [0, 0.1) is 0 Å². The Bertz CT molecular complexity index is 505. The SMILES string of the molecule is [2H]c1nc(Cl)nc2c1CC(=O)N2C1CCOCC1. The lowest BCUT2D eigenvalue weighted by atomic mass is 10.1. The molecule has 3 rings (SSSR count). The standard InChI is InChI=1S/C11H12ClN3O2/c12-11-13-6-7-5-9(16)15(10(7)14-11)8-1-3-17-4-2-8/h6,8H,1-5H2/i6D. The first-order valence-electron chi connectivity index (χ1n) is 6.09. The summed E-state index contributed by atoms with van der Waals surface area (Å²) >= 11 is 5.78. The van der Waals surface area contributed by atoms with Gasteiger partial charge in [0.25, 0.3) is 0 Å². The Morgan fingerprint density at radius 1 is 1.53 bits per heavy atom. The summed E-state index contributed by atoms with van der Waals surface area (Å²) in [4.78, 5) is 21.7. The van der Waals surface area contributed by atoms with Crippen LogP contribution in [-0.4, -0.2) is 35.1 Å². The number of anilines is 1. The first-order chi connectivity index (χ1) is 8.66. The highest BCUT2D eigenvalue weighted by atomic mass is 35.5. The molecule has 0 N–H and O–H groups in total. The van der Waals surface area contributed by atoms with Gasteiger partial charge in [0, 0.05) is 31.0 Å². The summed E-state index contributed by atoms with van der Waals surface area (Å²) in [5, 5.41) is 0.0190. The summed E-state index contributed by atoms with van der Waals surface area (Å²) in [7, 11) is 0. The maximum absolute atomic E-state index is 12.1. The van der Waals surface area contributed by atoms with Crippen LogP contribution in [0.5, 0.6) is 0 Å². The van der Waals surface area contributed by atoms with Crippen LogP contribution in [-0.2, 0) is 16.0 Å². The van der Waals surface area contributed by atoms with Crippen LogP contribution >= 0.6 is 11.6 Å². The van der Waals surface area contributed by atoms with E-state index in [9.17, 15) is 4.79 Å². The second kappa shape index (κ2) is 4.23. The maximum Gasteiger partial charge on any atom is 0.233 e. The van der Waals surface area contributed by atoms with Gasteiger partial charge in [-0.05, 0) is 24.4 Å². The third kappa shape index (κ3) is 1.89. The molecule has 17 heavy (non-hydrogen) atoms.